The van der Waals surface area contributed by atoms with Crippen molar-refractivity contribution in [3.05, 3.63) is 70.1 Å². The minimum absolute atomic E-state index is 0.124. The Kier molecular flexibility index (Phi) is 9.03. The second-order valence-electron chi connectivity index (χ2n) is 10.7. The molecule has 0 aliphatic heterocycles. The molecule has 1 aromatic heterocycles. The van der Waals surface area contributed by atoms with E-state index in [1.165, 1.54) is 6.92 Å². The summed E-state index contributed by atoms with van der Waals surface area (Å²) in [6, 6.07) is 12.3. The Labute approximate surface area is 255 Å². The third-order valence-electron chi connectivity index (χ3n) is 7.82. The lowest BCUT2D eigenvalue weighted by atomic mass is 9.95. The Morgan fingerprint density at radius 3 is 2.55 bits per heavy atom. The first-order valence-corrected chi connectivity index (χ1v) is 14.5. The highest BCUT2D eigenvalue weighted by molar-refractivity contribution is 5.93. The first-order chi connectivity index (χ1) is 21.2. The fourth-order valence-corrected chi connectivity index (χ4v) is 5.76. The number of carbonyl (C=O) groups excluding carboxylic acids is 2. The van der Waals surface area contributed by atoms with Crippen molar-refractivity contribution in [2.45, 2.75) is 38.6 Å². The maximum Gasteiger partial charge on any atom is 0.224 e. The van der Waals surface area contributed by atoms with Crippen LogP contribution in [0, 0.1) is 0 Å². The summed E-state index contributed by atoms with van der Waals surface area (Å²) >= 11 is 0. The molecular formula is C33H37N5O6. The second-order valence-corrected chi connectivity index (χ2v) is 10.7. The number of carbonyl (C=O) groups is 2. The number of anilines is 2. The minimum Gasteiger partial charge on any atom is -0.493 e. The number of aryl methyl sites for hydroxylation is 2. The Morgan fingerprint density at radius 2 is 1.82 bits per heavy atom. The van der Waals surface area contributed by atoms with E-state index in [0.29, 0.717) is 60.0 Å². The van der Waals surface area contributed by atoms with Gasteiger partial charge < -0.3 is 34.7 Å². The number of imidazole rings is 1. The predicted octanol–water partition coefficient (Wildman–Crippen LogP) is 4.58. The molecule has 4 aromatic rings. The number of rotatable bonds is 10. The Balaban J connectivity index is 1.37. The van der Waals surface area contributed by atoms with Crippen LogP contribution in [-0.4, -0.2) is 49.2 Å². The van der Waals surface area contributed by atoms with E-state index in [1.807, 2.05) is 41.9 Å². The van der Waals surface area contributed by atoms with Crippen molar-refractivity contribution in [3.8, 4) is 28.4 Å². The number of hydrogen-bond donors (Lipinski definition) is 3. The summed E-state index contributed by atoms with van der Waals surface area (Å²) in [5.41, 5.74) is 5.83. The van der Waals surface area contributed by atoms with Crippen LogP contribution in [0.25, 0.3) is 22.2 Å². The molecule has 0 unspecified atom stereocenters. The summed E-state index contributed by atoms with van der Waals surface area (Å²) in [6.07, 6.45) is 3.71. The van der Waals surface area contributed by atoms with Gasteiger partial charge in [0, 0.05) is 38.2 Å². The SMILES string of the molecule is COc1cc2c(c(OC)c1OC)-c1ccc(NCCCC(=O)Nc3ccc4c(c3)ncn4C)c(=O)cc1[C@H](NC(C)=O)CC2. The molecule has 11 heteroatoms. The van der Waals surface area contributed by atoms with E-state index in [2.05, 4.69) is 20.9 Å². The first kappa shape index (κ1) is 30.4. The summed E-state index contributed by atoms with van der Waals surface area (Å²) in [5.74, 6) is 1.16. The number of nitrogens with zero attached hydrogens (tertiary/aromatic N) is 2. The first-order valence-electron chi connectivity index (χ1n) is 14.5. The molecule has 44 heavy (non-hydrogen) atoms. The van der Waals surface area contributed by atoms with E-state index in [1.54, 1.807) is 39.8 Å². The Hall–Kier alpha value is -5.06. The van der Waals surface area contributed by atoms with Crippen LogP contribution in [0.1, 0.15) is 43.4 Å². The van der Waals surface area contributed by atoms with Crippen molar-refractivity contribution in [2.24, 2.45) is 7.05 Å². The van der Waals surface area contributed by atoms with E-state index >= 15 is 0 Å². The van der Waals surface area contributed by atoms with Gasteiger partial charge in [-0.1, -0.05) is 6.07 Å². The van der Waals surface area contributed by atoms with Gasteiger partial charge >= 0.3 is 0 Å². The monoisotopic (exact) mass is 599 g/mol. The largest absolute Gasteiger partial charge is 0.493 e. The maximum absolute atomic E-state index is 13.5. The van der Waals surface area contributed by atoms with E-state index in [4.69, 9.17) is 14.2 Å². The van der Waals surface area contributed by atoms with Gasteiger partial charge in [-0.05, 0) is 72.4 Å². The summed E-state index contributed by atoms with van der Waals surface area (Å²) < 4.78 is 19.0. The summed E-state index contributed by atoms with van der Waals surface area (Å²) in [7, 11) is 6.60. The van der Waals surface area contributed by atoms with Crippen molar-refractivity contribution in [1.29, 1.82) is 0 Å². The smallest absolute Gasteiger partial charge is 0.224 e. The molecule has 0 radical (unpaired) electrons. The fourth-order valence-electron chi connectivity index (χ4n) is 5.76. The van der Waals surface area contributed by atoms with Crippen molar-refractivity contribution < 1.29 is 23.8 Å². The van der Waals surface area contributed by atoms with Gasteiger partial charge in [-0.15, -0.1) is 0 Å². The van der Waals surface area contributed by atoms with E-state index < -0.39 is 6.04 Å². The molecule has 0 saturated carbocycles. The molecule has 1 heterocycles. The highest BCUT2D eigenvalue weighted by Crippen LogP contribution is 2.50. The fraction of sp³-hybridized carbons (Fsp3) is 0.333. The molecule has 1 aliphatic rings. The van der Waals surface area contributed by atoms with Gasteiger partial charge in [0.1, 0.15) is 0 Å². The molecule has 0 spiro atoms. The maximum atomic E-state index is 13.5. The van der Waals surface area contributed by atoms with Crippen LogP contribution in [0.3, 0.4) is 0 Å². The number of hydrogen-bond acceptors (Lipinski definition) is 8. The van der Waals surface area contributed by atoms with Crippen LogP contribution < -0.4 is 35.6 Å². The number of ether oxygens (including phenoxy) is 3. The molecule has 11 nitrogen and oxygen atoms in total. The highest BCUT2D eigenvalue weighted by atomic mass is 16.5. The van der Waals surface area contributed by atoms with Gasteiger partial charge in [-0.25, -0.2) is 4.98 Å². The molecule has 1 atom stereocenters. The Morgan fingerprint density at radius 1 is 1.02 bits per heavy atom. The van der Waals surface area contributed by atoms with Crippen LogP contribution in [0.15, 0.2) is 53.6 Å². The van der Waals surface area contributed by atoms with Crippen LogP contribution in [0.2, 0.25) is 0 Å². The number of benzene rings is 2. The molecule has 3 aromatic carbocycles. The van der Waals surface area contributed by atoms with E-state index in [0.717, 1.165) is 27.7 Å². The topological polar surface area (TPSA) is 133 Å². The molecule has 5 rings (SSSR count). The summed E-state index contributed by atoms with van der Waals surface area (Å²) in [5, 5.41) is 9.13. The van der Waals surface area contributed by atoms with Gasteiger partial charge in [-0.3, -0.25) is 14.4 Å². The average molecular weight is 600 g/mol. The molecule has 2 amide bonds. The predicted molar refractivity (Wildman–Crippen MR) is 170 cm³/mol. The van der Waals surface area contributed by atoms with Crippen LogP contribution in [0.4, 0.5) is 11.4 Å². The van der Waals surface area contributed by atoms with Crippen molar-refractivity contribution >= 4 is 34.2 Å². The lowest BCUT2D eigenvalue weighted by Crippen LogP contribution is -2.26. The lowest BCUT2D eigenvalue weighted by Gasteiger charge is -2.19. The molecule has 1 aliphatic carbocycles. The van der Waals surface area contributed by atoms with Gasteiger partial charge in [-0.2, -0.15) is 0 Å². The zero-order valence-corrected chi connectivity index (χ0v) is 25.6. The third kappa shape index (κ3) is 6.17. The summed E-state index contributed by atoms with van der Waals surface area (Å²) in [4.78, 5) is 42.6. The normalized spacial score (nSPS) is 13.7. The second kappa shape index (κ2) is 13.1. The molecule has 230 valence electrons. The van der Waals surface area contributed by atoms with Crippen LogP contribution in [-0.2, 0) is 23.1 Å². The van der Waals surface area contributed by atoms with Crippen LogP contribution >= 0.6 is 0 Å². The highest BCUT2D eigenvalue weighted by Gasteiger charge is 2.29. The molecule has 0 bridgehead atoms. The number of aromatic nitrogens is 2. The number of fused-ring (bicyclic) bond motifs is 4. The van der Waals surface area contributed by atoms with Gasteiger partial charge in [0.15, 0.2) is 11.5 Å². The average Bonchev–Trinajstić information content (AvgIpc) is 3.21. The van der Waals surface area contributed by atoms with E-state index in [-0.39, 0.29) is 23.7 Å². The third-order valence-corrected chi connectivity index (χ3v) is 7.82. The zero-order valence-electron chi connectivity index (χ0n) is 25.6. The molecule has 0 saturated heterocycles. The van der Waals surface area contributed by atoms with Gasteiger partial charge in [0.05, 0.1) is 50.4 Å². The number of amides is 2. The minimum atomic E-state index is -0.390. The number of nitrogens with one attached hydrogen (secondary N) is 3. The van der Waals surface area contributed by atoms with Crippen LogP contribution in [0.5, 0.6) is 17.2 Å². The van der Waals surface area contributed by atoms with E-state index in [9.17, 15) is 14.4 Å². The quantitative estimate of drug-likeness (QED) is 0.226. The van der Waals surface area contributed by atoms with Crippen molar-refractivity contribution in [2.75, 3.05) is 38.5 Å². The van der Waals surface area contributed by atoms with Crippen molar-refractivity contribution in [1.82, 2.24) is 14.9 Å². The number of methoxy groups -OCH3 is 3. The van der Waals surface area contributed by atoms with Crippen molar-refractivity contribution in [3.63, 3.8) is 0 Å². The lowest BCUT2D eigenvalue weighted by molar-refractivity contribution is -0.119. The standard InChI is InChI=1S/C33H37N5O6/c1-19(39)36-24-11-8-20-15-29(42-3)32(43-4)33(44-5)31(20)22-10-12-25(28(40)17-23(22)24)34-14-6-7-30(41)37-21-9-13-27-26(16-21)35-18-38(27)2/h9-10,12-13,15-18,24H,6-8,11,14H2,1-5H3,(H,34,40)(H,36,39)(H,37,41)/t24-/m1/s1. The zero-order chi connectivity index (χ0) is 31.4. The molecule has 3 N–H and O–H groups in total. The van der Waals surface area contributed by atoms with Gasteiger partial charge in [0.25, 0.3) is 0 Å². The molecule has 0 fully saturated rings. The molecular weight excluding hydrogens is 562 g/mol. The van der Waals surface area contributed by atoms with Gasteiger partial charge in [0.2, 0.25) is 23.0 Å². The summed E-state index contributed by atoms with van der Waals surface area (Å²) in [6.45, 7) is 1.88. The Bertz CT molecular complexity index is 1780.